The zero-order valence-electron chi connectivity index (χ0n) is 14.4. The van der Waals surface area contributed by atoms with Crippen LogP contribution in [0.4, 0.5) is 0 Å². The normalized spacial score (nSPS) is 12.4. The highest BCUT2D eigenvalue weighted by Gasteiger charge is 2.24. The molecule has 2 aromatic heterocycles. The van der Waals surface area contributed by atoms with Crippen LogP contribution in [-0.4, -0.2) is 15.5 Å². The molecule has 1 atom stereocenters. The predicted octanol–water partition coefficient (Wildman–Crippen LogP) is 4.46. The number of rotatable bonds is 5. The van der Waals surface area contributed by atoms with Crippen LogP contribution in [-0.2, 0) is 7.05 Å². The van der Waals surface area contributed by atoms with Gasteiger partial charge in [0.25, 0.3) is 5.91 Å². The molecule has 1 amide bonds. The number of aryl methyl sites for hydroxylation is 1. The van der Waals surface area contributed by atoms with Crippen molar-refractivity contribution in [1.82, 2.24) is 14.9 Å². The number of imidazole rings is 1. The second kappa shape index (κ2) is 7.15. The first-order valence-electron chi connectivity index (χ1n) is 8.10. The Labute approximate surface area is 151 Å². The zero-order chi connectivity index (χ0) is 18.0. The summed E-state index contributed by atoms with van der Waals surface area (Å²) in [4.78, 5) is 17.0. The summed E-state index contributed by atoms with van der Waals surface area (Å²) in [6.45, 7) is 4.08. The van der Waals surface area contributed by atoms with E-state index in [1.807, 2.05) is 49.9 Å². The Balaban J connectivity index is 1.82. The maximum Gasteiger partial charge on any atom is 0.287 e. The van der Waals surface area contributed by atoms with Gasteiger partial charge in [-0.15, -0.1) is 0 Å². The van der Waals surface area contributed by atoms with Crippen LogP contribution in [0, 0.1) is 5.92 Å². The number of nitrogens with one attached hydrogen (secondary N) is 1. The fourth-order valence-electron chi connectivity index (χ4n) is 2.68. The summed E-state index contributed by atoms with van der Waals surface area (Å²) in [5.41, 5.74) is 0.757. The van der Waals surface area contributed by atoms with E-state index in [9.17, 15) is 4.79 Å². The average molecular weight is 358 g/mol. The molecule has 1 unspecified atom stereocenters. The molecule has 0 aliphatic heterocycles. The third-order valence-corrected chi connectivity index (χ3v) is 4.39. The van der Waals surface area contributed by atoms with Gasteiger partial charge in [0.05, 0.1) is 11.1 Å². The van der Waals surface area contributed by atoms with Gasteiger partial charge in [0.1, 0.15) is 11.6 Å². The molecule has 5 nitrogen and oxygen atoms in total. The van der Waals surface area contributed by atoms with Crippen LogP contribution in [0.25, 0.3) is 11.3 Å². The number of benzene rings is 1. The van der Waals surface area contributed by atoms with E-state index in [0.717, 1.165) is 11.4 Å². The number of amides is 1. The van der Waals surface area contributed by atoms with Crippen molar-refractivity contribution in [1.29, 1.82) is 0 Å². The van der Waals surface area contributed by atoms with Crippen LogP contribution in [0.3, 0.4) is 0 Å². The van der Waals surface area contributed by atoms with Crippen LogP contribution in [0.1, 0.15) is 36.3 Å². The highest BCUT2D eigenvalue weighted by atomic mass is 35.5. The fraction of sp³-hybridized carbons (Fsp3) is 0.263. The number of hydrogen-bond donors (Lipinski definition) is 1. The molecule has 0 bridgehead atoms. The summed E-state index contributed by atoms with van der Waals surface area (Å²) in [6.07, 6.45) is 3.58. The van der Waals surface area contributed by atoms with Crippen molar-refractivity contribution in [3.8, 4) is 11.3 Å². The molecule has 0 aliphatic rings. The molecule has 0 spiro atoms. The molecule has 0 aliphatic carbocycles. The van der Waals surface area contributed by atoms with E-state index in [1.54, 1.807) is 24.4 Å². The van der Waals surface area contributed by atoms with E-state index >= 15 is 0 Å². The van der Waals surface area contributed by atoms with Crippen molar-refractivity contribution in [2.45, 2.75) is 19.9 Å². The SMILES string of the molecule is CC(C)C(NC(=O)c1ccc(-c2ccccc2Cl)o1)c1nccn1C. The number of carbonyl (C=O) groups excluding carboxylic acids is 1. The summed E-state index contributed by atoms with van der Waals surface area (Å²) in [6, 6.07) is 10.6. The molecular weight excluding hydrogens is 338 g/mol. The Kier molecular flexibility index (Phi) is 4.95. The minimum Gasteiger partial charge on any atom is -0.451 e. The van der Waals surface area contributed by atoms with Crippen LogP contribution in [0.15, 0.2) is 53.2 Å². The lowest BCUT2D eigenvalue weighted by atomic mass is 10.0. The van der Waals surface area contributed by atoms with Crippen molar-refractivity contribution in [3.05, 3.63) is 65.4 Å². The molecule has 3 rings (SSSR count). The lowest BCUT2D eigenvalue weighted by Crippen LogP contribution is -2.33. The highest BCUT2D eigenvalue weighted by Crippen LogP contribution is 2.29. The van der Waals surface area contributed by atoms with Crippen molar-refractivity contribution in [2.75, 3.05) is 0 Å². The quantitative estimate of drug-likeness (QED) is 0.733. The standard InChI is InChI=1S/C19H20ClN3O2/c1-12(2)17(18-21-10-11-23(18)3)22-19(24)16-9-8-15(25-16)13-6-4-5-7-14(13)20/h4-12,17H,1-3H3,(H,22,24). The van der Waals surface area contributed by atoms with E-state index in [2.05, 4.69) is 10.3 Å². The fourth-order valence-corrected chi connectivity index (χ4v) is 2.91. The van der Waals surface area contributed by atoms with Crippen LogP contribution >= 0.6 is 11.6 Å². The molecule has 0 fully saturated rings. The first kappa shape index (κ1) is 17.3. The first-order chi connectivity index (χ1) is 12.0. The van der Waals surface area contributed by atoms with Gasteiger partial charge < -0.3 is 14.3 Å². The largest absolute Gasteiger partial charge is 0.451 e. The maximum atomic E-state index is 12.6. The summed E-state index contributed by atoms with van der Waals surface area (Å²) in [5, 5.41) is 3.59. The third-order valence-electron chi connectivity index (χ3n) is 4.06. The maximum absolute atomic E-state index is 12.6. The van der Waals surface area contributed by atoms with Gasteiger partial charge in [-0.3, -0.25) is 4.79 Å². The second-order valence-corrected chi connectivity index (χ2v) is 6.64. The Morgan fingerprint density at radius 2 is 2.00 bits per heavy atom. The topological polar surface area (TPSA) is 60.1 Å². The summed E-state index contributed by atoms with van der Waals surface area (Å²) in [5.74, 6) is 1.52. The summed E-state index contributed by atoms with van der Waals surface area (Å²) < 4.78 is 7.62. The summed E-state index contributed by atoms with van der Waals surface area (Å²) in [7, 11) is 1.91. The monoisotopic (exact) mass is 357 g/mol. The molecule has 0 saturated carbocycles. The number of hydrogen-bond acceptors (Lipinski definition) is 3. The zero-order valence-corrected chi connectivity index (χ0v) is 15.1. The molecule has 0 radical (unpaired) electrons. The van der Waals surface area contributed by atoms with Crippen LogP contribution in [0.5, 0.6) is 0 Å². The van der Waals surface area contributed by atoms with Gasteiger partial charge in [0, 0.05) is 25.0 Å². The van der Waals surface area contributed by atoms with Gasteiger partial charge in [0.15, 0.2) is 5.76 Å². The van der Waals surface area contributed by atoms with Gasteiger partial charge in [-0.05, 0) is 30.2 Å². The molecule has 6 heteroatoms. The molecule has 2 heterocycles. The van der Waals surface area contributed by atoms with Crippen molar-refractivity contribution < 1.29 is 9.21 Å². The van der Waals surface area contributed by atoms with Gasteiger partial charge in [-0.2, -0.15) is 0 Å². The Morgan fingerprint density at radius 1 is 1.24 bits per heavy atom. The molecular formula is C19H20ClN3O2. The van der Waals surface area contributed by atoms with Crippen LogP contribution < -0.4 is 5.32 Å². The van der Waals surface area contributed by atoms with Gasteiger partial charge in [-0.1, -0.05) is 37.6 Å². The Bertz CT molecular complexity index is 882. The molecule has 25 heavy (non-hydrogen) atoms. The first-order valence-corrected chi connectivity index (χ1v) is 8.48. The van der Waals surface area contributed by atoms with Gasteiger partial charge in [-0.25, -0.2) is 4.98 Å². The minimum absolute atomic E-state index is 0.183. The smallest absolute Gasteiger partial charge is 0.287 e. The van der Waals surface area contributed by atoms with Crippen molar-refractivity contribution in [3.63, 3.8) is 0 Å². The van der Waals surface area contributed by atoms with E-state index < -0.39 is 0 Å². The second-order valence-electron chi connectivity index (χ2n) is 6.24. The molecule has 1 N–H and O–H groups in total. The van der Waals surface area contributed by atoms with E-state index in [4.69, 9.17) is 16.0 Å². The number of furan rings is 1. The average Bonchev–Trinajstić information content (AvgIpc) is 3.22. The van der Waals surface area contributed by atoms with Crippen molar-refractivity contribution in [2.24, 2.45) is 13.0 Å². The lowest BCUT2D eigenvalue weighted by Gasteiger charge is -2.21. The van der Waals surface area contributed by atoms with Crippen LogP contribution in [0.2, 0.25) is 5.02 Å². The predicted molar refractivity (Wildman–Crippen MR) is 97.4 cm³/mol. The lowest BCUT2D eigenvalue weighted by molar-refractivity contribution is 0.0895. The number of aromatic nitrogens is 2. The van der Waals surface area contributed by atoms with Gasteiger partial charge >= 0.3 is 0 Å². The number of nitrogens with zero attached hydrogens (tertiary/aromatic N) is 2. The summed E-state index contributed by atoms with van der Waals surface area (Å²) >= 11 is 6.19. The van der Waals surface area contributed by atoms with Gasteiger partial charge in [0.2, 0.25) is 0 Å². The van der Waals surface area contributed by atoms with Crippen molar-refractivity contribution >= 4 is 17.5 Å². The van der Waals surface area contributed by atoms with E-state index in [0.29, 0.717) is 10.8 Å². The molecule has 130 valence electrons. The van der Waals surface area contributed by atoms with E-state index in [-0.39, 0.29) is 23.6 Å². The third kappa shape index (κ3) is 3.61. The minimum atomic E-state index is -0.278. The molecule has 3 aromatic rings. The van der Waals surface area contributed by atoms with E-state index in [1.165, 1.54) is 0 Å². The highest BCUT2D eigenvalue weighted by molar-refractivity contribution is 6.33. The number of carbonyl (C=O) groups is 1. The molecule has 1 aromatic carbocycles. The Hall–Kier alpha value is -2.53. The number of halogens is 1. The molecule has 0 saturated heterocycles. The Morgan fingerprint density at radius 3 is 2.64 bits per heavy atom.